The molecule has 0 saturated heterocycles. The van der Waals surface area contributed by atoms with Crippen LogP contribution in [0.2, 0.25) is 0 Å². The maximum Gasteiger partial charge on any atom is 0.338 e. The molecule has 0 amide bonds. The van der Waals surface area contributed by atoms with Gasteiger partial charge in [0, 0.05) is 10.0 Å². The SMILES string of the molecule is C#CCOc1ccccc1/C=c1/sc2n(c1=O)[C@@H](c1cc(OC)c(OCC)cc1Br)C(C(=O)OCC)=C(C)N=2. The number of allylic oxidation sites excluding steroid dienone is 1. The van der Waals surface area contributed by atoms with Crippen molar-refractivity contribution >= 4 is 39.3 Å². The molecule has 10 heteroatoms. The molecule has 1 aliphatic heterocycles. The minimum atomic E-state index is -0.825. The fourth-order valence-electron chi connectivity index (χ4n) is 4.27. The summed E-state index contributed by atoms with van der Waals surface area (Å²) in [4.78, 5) is 32.3. The minimum absolute atomic E-state index is 0.0990. The Balaban J connectivity index is 1.98. The zero-order valence-corrected chi connectivity index (χ0v) is 24.4. The maximum absolute atomic E-state index is 14.0. The lowest BCUT2D eigenvalue weighted by Crippen LogP contribution is -2.40. The number of thiazole rings is 1. The first-order valence-electron chi connectivity index (χ1n) is 12.2. The van der Waals surface area contributed by atoms with Gasteiger partial charge in [-0.2, -0.15) is 0 Å². The second-order valence-electron chi connectivity index (χ2n) is 8.29. The van der Waals surface area contributed by atoms with Crippen LogP contribution in [0, 0.1) is 12.3 Å². The van der Waals surface area contributed by atoms with Gasteiger partial charge in [-0.15, -0.1) is 6.42 Å². The number of methoxy groups -OCH3 is 1. The summed E-state index contributed by atoms with van der Waals surface area (Å²) < 4.78 is 24.9. The summed E-state index contributed by atoms with van der Waals surface area (Å²) in [5.74, 6) is 3.46. The highest BCUT2D eigenvalue weighted by atomic mass is 79.9. The highest BCUT2D eigenvalue weighted by molar-refractivity contribution is 9.10. The number of para-hydroxylation sites is 1. The van der Waals surface area contributed by atoms with Gasteiger partial charge in [-0.3, -0.25) is 9.36 Å². The van der Waals surface area contributed by atoms with Crippen LogP contribution in [0.3, 0.4) is 0 Å². The van der Waals surface area contributed by atoms with Gasteiger partial charge >= 0.3 is 5.97 Å². The summed E-state index contributed by atoms with van der Waals surface area (Å²) in [5.41, 5.74) is 1.73. The van der Waals surface area contributed by atoms with E-state index in [1.165, 1.54) is 23.0 Å². The predicted molar refractivity (Wildman–Crippen MR) is 153 cm³/mol. The number of rotatable bonds is 9. The number of terminal acetylenes is 1. The van der Waals surface area contributed by atoms with Crippen molar-refractivity contribution in [3.63, 3.8) is 0 Å². The van der Waals surface area contributed by atoms with Crippen LogP contribution in [-0.2, 0) is 9.53 Å². The summed E-state index contributed by atoms with van der Waals surface area (Å²) in [5, 5.41) is 0. The molecule has 4 rings (SSSR count). The van der Waals surface area contributed by atoms with Crippen LogP contribution in [-0.4, -0.2) is 37.5 Å². The smallest absolute Gasteiger partial charge is 0.338 e. The van der Waals surface area contributed by atoms with Crippen molar-refractivity contribution in [2.24, 2.45) is 4.99 Å². The fraction of sp³-hybridized carbons (Fsp3) is 0.276. The van der Waals surface area contributed by atoms with Crippen LogP contribution in [0.1, 0.15) is 37.9 Å². The molecule has 202 valence electrons. The molecule has 3 aromatic rings. The Bertz CT molecular complexity index is 1660. The summed E-state index contributed by atoms with van der Waals surface area (Å²) in [7, 11) is 1.54. The lowest BCUT2D eigenvalue weighted by atomic mass is 9.95. The van der Waals surface area contributed by atoms with Gasteiger partial charge in [0.1, 0.15) is 12.4 Å². The molecule has 2 heterocycles. The molecule has 0 saturated carbocycles. The van der Waals surface area contributed by atoms with Gasteiger partial charge in [-0.25, -0.2) is 9.79 Å². The van der Waals surface area contributed by atoms with E-state index in [0.29, 0.717) is 54.5 Å². The maximum atomic E-state index is 14.0. The fourth-order valence-corrected chi connectivity index (χ4v) is 5.84. The van der Waals surface area contributed by atoms with Crippen molar-refractivity contribution in [1.82, 2.24) is 4.57 Å². The highest BCUT2D eigenvalue weighted by Crippen LogP contribution is 2.41. The first kappa shape index (κ1) is 28.2. The van der Waals surface area contributed by atoms with E-state index in [1.54, 1.807) is 38.1 Å². The quantitative estimate of drug-likeness (QED) is 0.269. The Labute approximate surface area is 238 Å². The Morgan fingerprint density at radius 2 is 1.95 bits per heavy atom. The average Bonchev–Trinajstić information content (AvgIpc) is 3.22. The van der Waals surface area contributed by atoms with Crippen molar-refractivity contribution in [3.8, 4) is 29.6 Å². The molecule has 1 atom stereocenters. The average molecular weight is 612 g/mol. The van der Waals surface area contributed by atoms with E-state index in [0.717, 1.165) is 0 Å². The monoisotopic (exact) mass is 610 g/mol. The van der Waals surface area contributed by atoms with E-state index in [-0.39, 0.29) is 24.3 Å². The number of ether oxygens (including phenoxy) is 4. The van der Waals surface area contributed by atoms with E-state index in [1.807, 2.05) is 25.1 Å². The Morgan fingerprint density at radius 1 is 1.18 bits per heavy atom. The summed E-state index contributed by atoms with van der Waals surface area (Å²) in [6.07, 6.45) is 7.10. The molecule has 0 spiro atoms. The highest BCUT2D eigenvalue weighted by Gasteiger charge is 2.35. The summed E-state index contributed by atoms with van der Waals surface area (Å²) in [6, 6.07) is 10.0. The molecule has 0 unspecified atom stereocenters. The Hall–Kier alpha value is -3.81. The van der Waals surface area contributed by atoms with Crippen molar-refractivity contribution in [2.45, 2.75) is 26.8 Å². The number of benzene rings is 2. The molecule has 0 fully saturated rings. The number of hydrogen-bond acceptors (Lipinski definition) is 8. The van der Waals surface area contributed by atoms with Crippen LogP contribution in [0.15, 0.2) is 61.9 Å². The normalized spacial score (nSPS) is 14.8. The molecular formula is C29H27BrN2O6S. The number of esters is 1. The van der Waals surface area contributed by atoms with Crippen LogP contribution in [0.5, 0.6) is 17.2 Å². The van der Waals surface area contributed by atoms with E-state index in [4.69, 9.17) is 25.4 Å². The first-order chi connectivity index (χ1) is 18.8. The van der Waals surface area contributed by atoms with Gasteiger partial charge < -0.3 is 18.9 Å². The van der Waals surface area contributed by atoms with E-state index in [2.05, 4.69) is 26.8 Å². The molecular weight excluding hydrogens is 584 g/mol. The molecule has 8 nitrogen and oxygen atoms in total. The van der Waals surface area contributed by atoms with Crippen molar-refractivity contribution in [1.29, 1.82) is 0 Å². The van der Waals surface area contributed by atoms with Crippen molar-refractivity contribution in [2.75, 3.05) is 26.9 Å². The van der Waals surface area contributed by atoms with Crippen molar-refractivity contribution in [3.05, 3.63) is 83.0 Å². The number of hydrogen-bond donors (Lipinski definition) is 0. The van der Waals surface area contributed by atoms with E-state index in [9.17, 15) is 9.59 Å². The summed E-state index contributed by atoms with van der Waals surface area (Å²) in [6.45, 7) is 6.06. The Morgan fingerprint density at radius 3 is 2.64 bits per heavy atom. The number of nitrogens with zero attached hydrogens (tertiary/aromatic N) is 2. The summed E-state index contributed by atoms with van der Waals surface area (Å²) >= 11 is 4.85. The van der Waals surface area contributed by atoms with E-state index < -0.39 is 12.0 Å². The molecule has 2 aromatic carbocycles. The van der Waals surface area contributed by atoms with Gasteiger partial charge in [0.2, 0.25) is 0 Å². The number of aromatic nitrogens is 1. The van der Waals surface area contributed by atoms with E-state index >= 15 is 0 Å². The Kier molecular flexibility index (Phi) is 8.94. The van der Waals surface area contributed by atoms with Gasteiger partial charge in [-0.05, 0) is 50.6 Å². The lowest BCUT2D eigenvalue weighted by Gasteiger charge is -2.26. The van der Waals surface area contributed by atoms with Gasteiger partial charge in [0.05, 0.1) is 42.2 Å². The zero-order valence-electron chi connectivity index (χ0n) is 21.9. The molecule has 1 aliphatic rings. The topological polar surface area (TPSA) is 88.3 Å². The molecule has 0 bridgehead atoms. The third-order valence-corrected chi connectivity index (χ3v) is 7.58. The van der Waals surface area contributed by atoms with Gasteiger partial charge in [0.15, 0.2) is 16.3 Å². The first-order valence-corrected chi connectivity index (χ1v) is 13.8. The lowest BCUT2D eigenvalue weighted by molar-refractivity contribution is -0.139. The number of carbonyl (C=O) groups is 1. The molecule has 39 heavy (non-hydrogen) atoms. The molecule has 1 aromatic heterocycles. The third-order valence-electron chi connectivity index (χ3n) is 5.91. The molecule has 0 aliphatic carbocycles. The number of carbonyl (C=O) groups excluding carboxylic acids is 1. The predicted octanol–water partition coefficient (Wildman–Crippen LogP) is 3.98. The number of fused-ring (bicyclic) bond motifs is 1. The van der Waals surface area contributed by atoms with Gasteiger partial charge in [-0.1, -0.05) is 51.4 Å². The number of halogens is 1. The second-order valence-corrected chi connectivity index (χ2v) is 10.2. The van der Waals surface area contributed by atoms with Crippen LogP contribution in [0.25, 0.3) is 6.08 Å². The largest absolute Gasteiger partial charge is 0.493 e. The van der Waals surface area contributed by atoms with Crippen LogP contribution >= 0.6 is 27.3 Å². The molecule has 0 N–H and O–H groups in total. The minimum Gasteiger partial charge on any atom is -0.493 e. The zero-order chi connectivity index (χ0) is 28.1. The van der Waals surface area contributed by atoms with Crippen LogP contribution < -0.4 is 29.1 Å². The molecule has 0 radical (unpaired) electrons. The van der Waals surface area contributed by atoms with Crippen LogP contribution in [0.4, 0.5) is 0 Å². The third kappa shape index (κ3) is 5.65. The van der Waals surface area contributed by atoms with Gasteiger partial charge in [0.25, 0.3) is 5.56 Å². The second kappa shape index (κ2) is 12.4. The van der Waals surface area contributed by atoms with Crippen molar-refractivity contribution < 1.29 is 23.7 Å². The standard InChI is InChI=1S/C29H27BrN2O6S/c1-6-13-38-21-12-10-9-11-18(21)14-24-27(33)32-26(19-15-22(35-5)23(36-7-2)16-20(19)30)25(28(34)37-8-3)17(4)31-29(32)39-24/h1,9-12,14-16,26H,7-8,13H2,2-5H3/b24-14+/t26-/m0/s1.